The Morgan fingerprint density at radius 2 is 1.84 bits per heavy atom. The van der Waals surface area contributed by atoms with Crippen LogP contribution in [-0.4, -0.2) is 26.9 Å². The molecule has 3 nitrogen and oxygen atoms in total. The molecule has 1 unspecified atom stereocenters. The molecule has 0 aromatic heterocycles. The summed E-state index contributed by atoms with van der Waals surface area (Å²) in [5, 5.41) is 0. The molecule has 108 valence electrons. The molecule has 0 bridgehead atoms. The van der Waals surface area contributed by atoms with Crippen LogP contribution in [0.5, 0.6) is 5.75 Å². The summed E-state index contributed by atoms with van der Waals surface area (Å²) in [4.78, 5) is 0.137. The van der Waals surface area contributed by atoms with E-state index in [1.807, 2.05) is 0 Å². The van der Waals surface area contributed by atoms with E-state index in [0.717, 1.165) is 19.3 Å². The number of unbranched alkanes of at least 4 members (excludes halogenated alkanes) is 2. The second-order valence-electron chi connectivity index (χ2n) is 4.59. The molecule has 1 atom stereocenters. The molecule has 1 aromatic rings. The van der Waals surface area contributed by atoms with Crippen molar-refractivity contribution >= 4 is 9.84 Å². The average Bonchev–Trinajstić information content (AvgIpc) is 2.34. The molecule has 0 saturated carbocycles. The lowest BCUT2D eigenvalue weighted by Gasteiger charge is -2.08. The maximum Gasteiger partial charge on any atom is 0.181 e. The lowest BCUT2D eigenvalue weighted by molar-refractivity contribution is 0.306. The number of hydrogen-bond acceptors (Lipinski definition) is 3. The number of hydrogen-bond donors (Lipinski definition) is 0. The zero-order valence-electron chi connectivity index (χ0n) is 11.4. The van der Waals surface area contributed by atoms with Crippen LogP contribution in [0.1, 0.15) is 33.1 Å². The number of sulfone groups is 1. The Balaban J connectivity index is 2.61. The van der Waals surface area contributed by atoms with Gasteiger partial charge in [0.1, 0.15) is 11.9 Å². The molecule has 0 radical (unpaired) electrons. The minimum Gasteiger partial charge on any atom is -0.494 e. The summed E-state index contributed by atoms with van der Waals surface area (Å²) in [6.45, 7) is 3.98. The third kappa shape index (κ3) is 5.59. The van der Waals surface area contributed by atoms with Crippen molar-refractivity contribution in [2.45, 2.75) is 44.2 Å². The first kappa shape index (κ1) is 16.0. The Morgan fingerprint density at radius 1 is 1.21 bits per heavy atom. The highest BCUT2D eigenvalue weighted by molar-refractivity contribution is 7.91. The fourth-order valence-electron chi connectivity index (χ4n) is 1.68. The monoisotopic (exact) mass is 288 g/mol. The number of ether oxygens (including phenoxy) is 1. The van der Waals surface area contributed by atoms with Gasteiger partial charge >= 0.3 is 0 Å². The van der Waals surface area contributed by atoms with E-state index in [2.05, 4.69) is 6.92 Å². The van der Waals surface area contributed by atoms with Gasteiger partial charge in [-0.15, -0.1) is 0 Å². The van der Waals surface area contributed by atoms with E-state index in [9.17, 15) is 12.8 Å². The van der Waals surface area contributed by atoms with Crippen molar-refractivity contribution in [3.63, 3.8) is 0 Å². The lowest BCUT2D eigenvalue weighted by atomic mass is 10.3. The summed E-state index contributed by atoms with van der Waals surface area (Å²) in [7, 11) is -3.54. The van der Waals surface area contributed by atoms with Gasteiger partial charge in [-0.3, -0.25) is 0 Å². The minimum absolute atomic E-state index is 0.137. The van der Waals surface area contributed by atoms with Crippen molar-refractivity contribution in [1.82, 2.24) is 0 Å². The highest BCUT2D eigenvalue weighted by atomic mass is 32.2. The molecule has 0 amide bonds. The fourth-order valence-corrected chi connectivity index (χ4v) is 3.03. The van der Waals surface area contributed by atoms with Crippen molar-refractivity contribution in [3.8, 4) is 5.75 Å². The van der Waals surface area contributed by atoms with Crippen LogP contribution in [0.15, 0.2) is 29.2 Å². The fraction of sp³-hybridized carbons (Fsp3) is 0.571. The maximum atomic E-state index is 12.8. The van der Waals surface area contributed by atoms with Crippen molar-refractivity contribution < 1.29 is 17.5 Å². The molecule has 0 fully saturated rings. The number of alkyl halides is 1. The summed E-state index contributed by atoms with van der Waals surface area (Å²) in [6, 6.07) is 6.16. The van der Waals surface area contributed by atoms with Gasteiger partial charge in [-0.05, 0) is 37.6 Å². The molecule has 0 N–H and O–H groups in total. The third-order valence-electron chi connectivity index (χ3n) is 2.65. The van der Waals surface area contributed by atoms with Gasteiger partial charge in [0, 0.05) is 0 Å². The van der Waals surface area contributed by atoms with E-state index in [1.54, 1.807) is 12.1 Å². The van der Waals surface area contributed by atoms with Crippen molar-refractivity contribution in [1.29, 1.82) is 0 Å². The Hall–Kier alpha value is -1.10. The SMILES string of the molecule is CCCCCOc1ccc(S(=O)(=O)CC(C)F)cc1. The molecule has 0 spiro atoms. The zero-order chi connectivity index (χ0) is 14.3. The van der Waals surface area contributed by atoms with Crippen molar-refractivity contribution in [3.05, 3.63) is 24.3 Å². The second kappa shape index (κ2) is 7.48. The largest absolute Gasteiger partial charge is 0.494 e. The number of rotatable bonds is 8. The quantitative estimate of drug-likeness (QED) is 0.689. The van der Waals surface area contributed by atoms with Gasteiger partial charge in [0.05, 0.1) is 17.3 Å². The first-order valence-corrected chi connectivity index (χ1v) is 8.20. The third-order valence-corrected chi connectivity index (χ3v) is 4.54. The first-order chi connectivity index (χ1) is 8.95. The Bertz CT molecular complexity index is 466. The number of halogens is 1. The molecule has 0 saturated heterocycles. The normalized spacial score (nSPS) is 13.2. The molecule has 0 aliphatic heterocycles. The summed E-state index contributed by atoms with van der Waals surface area (Å²) >= 11 is 0. The van der Waals surface area contributed by atoms with Crippen LogP contribution in [0.4, 0.5) is 4.39 Å². The average molecular weight is 288 g/mol. The molecule has 5 heteroatoms. The van der Waals surface area contributed by atoms with Gasteiger partial charge in [-0.1, -0.05) is 19.8 Å². The molecule has 1 rings (SSSR count). The Morgan fingerprint density at radius 3 is 2.37 bits per heavy atom. The molecular weight excluding hydrogens is 267 g/mol. The van der Waals surface area contributed by atoms with Gasteiger partial charge in [-0.2, -0.15) is 0 Å². The van der Waals surface area contributed by atoms with Crippen LogP contribution >= 0.6 is 0 Å². The summed E-state index contributed by atoms with van der Waals surface area (Å²) in [5.74, 6) is 0.160. The Kier molecular flexibility index (Phi) is 6.28. The van der Waals surface area contributed by atoms with E-state index in [4.69, 9.17) is 4.74 Å². The zero-order valence-corrected chi connectivity index (χ0v) is 12.2. The van der Waals surface area contributed by atoms with E-state index >= 15 is 0 Å². The van der Waals surface area contributed by atoms with Gasteiger partial charge in [0.2, 0.25) is 0 Å². The maximum absolute atomic E-state index is 12.8. The highest BCUT2D eigenvalue weighted by Crippen LogP contribution is 2.18. The summed E-state index contributed by atoms with van der Waals surface area (Å²) in [6.07, 6.45) is 1.86. The van der Waals surface area contributed by atoms with Crippen molar-refractivity contribution in [2.75, 3.05) is 12.4 Å². The van der Waals surface area contributed by atoms with Crippen LogP contribution in [-0.2, 0) is 9.84 Å². The molecule has 0 aliphatic carbocycles. The Labute approximate surface area is 114 Å². The van der Waals surface area contributed by atoms with Crippen LogP contribution in [0.3, 0.4) is 0 Å². The highest BCUT2D eigenvalue weighted by Gasteiger charge is 2.17. The minimum atomic E-state index is -3.54. The summed E-state index contributed by atoms with van der Waals surface area (Å²) < 4.78 is 41.8. The van der Waals surface area contributed by atoms with Crippen LogP contribution in [0, 0.1) is 0 Å². The van der Waals surface area contributed by atoms with E-state index < -0.39 is 21.8 Å². The van der Waals surface area contributed by atoms with Gasteiger partial charge in [-0.25, -0.2) is 12.8 Å². The molecule has 19 heavy (non-hydrogen) atoms. The van der Waals surface area contributed by atoms with Gasteiger partial charge in [0.25, 0.3) is 0 Å². The first-order valence-electron chi connectivity index (χ1n) is 6.55. The van der Waals surface area contributed by atoms with E-state index in [0.29, 0.717) is 12.4 Å². The van der Waals surface area contributed by atoms with Crippen LogP contribution < -0.4 is 4.74 Å². The van der Waals surface area contributed by atoms with Crippen molar-refractivity contribution in [2.24, 2.45) is 0 Å². The molecule has 0 aliphatic rings. The smallest absolute Gasteiger partial charge is 0.181 e. The summed E-state index contributed by atoms with van der Waals surface area (Å²) in [5.41, 5.74) is 0. The second-order valence-corrected chi connectivity index (χ2v) is 6.62. The predicted molar refractivity (Wildman–Crippen MR) is 74.1 cm³/mol. The standard InChI is InChI=1S/C14H21FO3S/c1-3-4-5-10-18-13-6-8-14(9-7-13)19(16,17)11-12(2)15/h6-9,12H,3-5,10-11H2,1-2H3. The predicted octanol–water partition coefficient (Wildman–Crippen LogP) is 3.39. The molecule has 1 aromatic carbocycles. The lowest BCUT2D eigenvalue weighted by Crippen LogP contribution is -2.14. The van der Waals surface area contributed by atoms with Crippen LogP contribution in [0.25, 0.3) is 0 Å². The van der Waals surface area contributed by atoms with Crippen LogP contribution in [0.2, 0.25) is 0 Å². The van der Waals surface area contributed by atoms with E-state index in [-0.39, 0.29) is 4.90 Å². The number of benzene rings is 1. The molecule has 0 heterocycles. The van der Waals surface area contributed by atoms with Gasteiger partial charge < -0.3 is 4.74 Å². The topological polar surface area (TPSA) is 43.4 Å². The van der Waals surface area contributed by atoms with E-state index in [1.165, 1.54) is 19.1 Å². The van der Waals surface area contributed by atoms with Gasteiger partial charge in [0.15, 0.2) is 9.84 Å². The molecular formula is C14H21FO3S.